The molecule has 0 radical (unpaired) electrons. The Labute approximate surface area is 122 Å². The quantitative estimate of drug-likeness (QED) is 0.407. The van der Waals surface area contributed by atoms with Crippen molar-refractivity contribution in [3.63, 3.8) is 0 Å². The second kappa shape index (κ2) is 8.47. The van der Waals surface area contributed by atoms with Crippen LogP contribution in [0.5, 0.6) is 0 Å². The molecule has 1 aromatic rings. The first kappa shape index (κ1) is 16.4. The number of nitriles is 1. The number of nitrogens with zero attached hydrogens (tertiary/aromatic N) is 3. The Kier molecular flexibility index (Phi) is 6.93. The lowest BCUT2D eigenvalue weighted by molar-refractivity contribution is 1.23. The van der Waals surface area contributed by atoms with Crippen molar-refractivity contribution in [2.24, 2.45) is 10.5 Å². The van der Waals surface area contributed by atoms with Crippen LogP contribution < -0.4 is 11.1 Å². The molecule has 0 saturated heterocycles. The van der Waals surface area contributed by atoms with Crippen molar-refractivity contribution in [1.82, 2.24) is 4.34 Å². The minimum atomic E-state index is 0.312. The van der Waals surface area contributed by atoms with Gasteiger partial charge in [0.1, 0.15) is 5.82 Å². The second-order valence-electron chi connectivity index (χ2n) is 3.81. The molecule has 0 aliphatic carbocycles. The Morgan fingerprint density at radius 1 is 1.75 bits per heavy atom. The zero-order chi connectivity index (χ0) is 15.0. The average molecular weight is 308 g/mol. The predicted molar refractivity (Wildman–Crippen MR) is 90.1 cm³/mol. The van der Waals surface area contributed by atoms with Crippen molar-refractivity contribution in [1.29, 1.82) is 10.7 Å². The largest absolute Gasteiger partial charge is 0.404 e. The van der Waals surface area contributed by atoms with E-state index in [-0.39, 0.29) is 0 Å². The number of anilines is 1. The zero-order valence-corrected chi connectivity index (χ0v) is 13.4. The summed E-state index contributed by atoms with van der Waals surface area (Å²) in [5.41, 5.74) is 7.20. The maximum atomic E-state index is 8.44. The zero-order valence-electron chi connectivity index (χ0n) is 11.2. The Balaban J connectivity index is 2.80. The third kappa shape index (κ3) is 4.16. The number of aromatic nitrogens is 1. The van der Waals surface area contributed by atoms with Crippen molar-refractivity contribution in [3.05, 3.63) is 29.6 Å². The fraction of sp³-hybridized carbons (Fsp3) is 0.250. The van der Waals surface area contributed by atoms with E-state index in [9.17, 15) is 0 Å². The summed E-state index contributed by atoms with van der Waals surface area (Å²) in [6.45, 7) is 0. The van der Waals surface area contributed by atoms with E-state index in [2.05, 4.69) is 25.5 Å². The third-order valence-electron chi connectivity index (χ3n) is 2.53. The summed E-state index contributed by atoms with van der Waals surface area (Å²) in [5.74, 6) is 0.819. The first-order chi connectivity index (χ1) is 9.65. The fourth-order valence-corrected chi connectivity index (χ4v) is 2.49. The van der Waals surface area contributed by atoms with E-state index in [1.165, 1.54) is 6.20 Å². The van der Waals surface area contributed by atoms with Crippen molar-refractivity contribution in [2.45, 2.75) is 6.42 Å². The monoisotopic (exact) mass is 308 g/mol. The van der Waals surface area contributed by atoms with Crippen LogP contribution in [0.15, 0.2) is 28.8 Å². The molecule has 0 aliphatic heterocycles. The van der Waals surface area contributed by atoms with Gasteiger partial charge < -0.3 is 15.4 Å². The van der Waals surface area contributed by atoms with Crippen LogP contribution in [0.25, 0.3) is 0 Å². The first-order valence-electron chi connectivity index (χ1n) is 5.94. The standard InChI is InChI=1S/C12H18N6P2/c1-16-12-10(3-5-18(12)19)11(15)9(7-14)8-17-20-6-2-4-13/h3,5,7-8,15-16,20H,2,6,14,19H2,1H3/b9-7+,15-11?,17-8-. The summed E-state index contributed by atoms with van der Waals surface area (Å²) in [6.07, 6.45) is 6.05. The molecule has 0 fully saturated rings. The van der Waals surface area contributed by atoms with Crippen LogP contribution in [0.4, 0.5) is 5.82 Å². The Bertz CT molecular complexity index is 567. The lowest BCUT2D eigenvalue weighted by Crippen LogP contribution is -2.09. The number of nitrogens with one attached hydrogen (secondary N) is 2. The molecule has 106 valence electrons. The summed E-state index contributed by atoms with van der Waals surface area (Å²) in [4.78, 5) is 0. The van der Waals surface area contributed by atoms with Crippen LogP contribution in [0.2, 0.25) is 0 Å². The molecule has 2 atom stereocenters. The topological polar surface area (TPSA) is 103 Å². The number of nitrogens with two attached hydrogens (primary N) is 1. The van der Waals surface area contributed by atoms with Crippen LogP contribution >= 0.6 is 18.1 Å². The molecular weight excluding hydrogens is 290 g/mol. The third-order valence-corrected chi connectivity index (χ3v) is 3.75. The van der Waals surface area contributed by atoms with Crippen molar-refractivity contribution < 1.29 is 0 Å². The normalized spacial score (nSPS) is 12.2. The number of hydrogen-bond donors (Lipinski definition) is 3. The summed E-state index contributed by atoms with van der Waals surface area (Å²) in [7, 11) is 4.66. The van der Waals surface area contributed by atoms with E-state index in [0.717, 1.165) is 17.5 Å². The summed E-state index contributed by atoms with van der Waals surface area (Å²) in [6, 6.07) is 3.92. The average Bonchev–Trinajstić information content (AvgIpc) is 2.83. The van der Waals surface area contributed by atoms with Gasteiger partial charge >= 0.3 is 0 Å². The molecule has 1 rings (SSSR count). The minimum Gasteiger partial charge on any atom is -0.404 e. The fourth-order valence-electron chi connectivity index (χ4n) is 1.55. The van der Waals surface area contributed by atoms with E-state index >= 15 is 0 Å². The van der Waals surface area contributed by atoms with Gasteiger partial charge in [-0.15, -0.1) is 0 Å². The predicted octanol–water partition coefficient (Wildman–Crippen LogP) is 1.96. The molecule has 1 heterocycles. The van der Waals surface area contributed by atoms with E-state index in [0.29, 0.717) is 26.4 Å². The Morgan fingerprint density at radius 2 is 2.50 bits per heavy atom. The second-order valence-corrected chi connectivity index (χ2v) is 5.44. The van der Waals surface area contributed by atoms with Gasteiger partial charge in [-0.25, -0.2) is 0 Å². The lowest BCUT2D eigenvalue weighted by atomic mass is 10.1. The molecule has 8 heteroatoms. The molecule has 4 N–H and O–H groups in total. The molecule has 0 saturated carbocycles. The van der Waals surface area contributed by atoms with Gasteiger partial charge in [-0.3, -0.25) is 10.2 Å². The first-order valence-corrected chi connectivity index (χ1v) is 7.61. The molecule has 0 bridgehead atoms. The molecule has 2 unspecified atom stereocenters. The van der Waals surface area contributed by atoms with Crippen molar-refractivity contribution in [2.75, 3.05) is 18.5 Å². The van der Waals surface area contributed by atoms with Gasteiger partial charge in [0.25, 0.3) is 0 Å². The van der Waals surface area contributed by atoms with E-state index in [4.69, 9.17) is 16.4 Å². The van der Waals surface area contributed by atoms with Gasteiger partial charge in [-0.2, -0.15) is 5.26 Å². The van der Waals surface area contributed by atoms with Gasteiger partial charge in [-0.05, 0) is 21.6 Å². The minimum absolute atomic E-state index is 0.312. The highest BCUT2D eigenvalue weighted by atomic mass is 31.1. The summed E-state index contributed by atoms with van der Waals surface area (Å²) >= 11 is 0. The van der Waals surface area contributed by atoms with Gasteiger partial charge in [0.15, 0.2) is 0 Å². The Hall–Kier alpha value is -1.69. The van der Waals surface area contributed by atoms with Gasteiger partial charge in [-0.1, -0.05) is 0 Å². The SMILES string of the molecule is CNc1c(C(=N)C(/C=N\PCCC#N)=C/N)ccn1P. The molecule has 0 spiro atoms. The van der Waals surface area contributed by atoms with Gasteiger partial charge in [0.05, 0.1) is 11.8 Å². The highest BCUT2D eigenvalue weighted by Crippen LogP contribution is 2.22. The van der Waals surface area contributed by atoms with Crippen LogP contribution in [-0.2, 0) is 0 Å². The maximum Gasteiger partial charge on any atom is 0.118 e. The number of rotatable bonds is 7. The highest BCUT2D eigenvalue weighted by molar-refractivity contribution is 7.36. The van der Waals surface area contributed by atoms with Crippen molar-refractivity contribution in [3.8, 4) is 6.07 Å². The van der Waals surface area contributed by atoms with E-state index in [1.54, 1.807) is 13.3 Å². The molecular formula is C12H18N6P2. The molecule has 0 aromatic carbocycles. The van der Waals surface area contributed by atoms with Gasteiger partial charge in [0.2, 0.25) is 0 Å². The van der Waals surface area contributed by atoms with Crippen LogP contribution in [0.3, 0.4) is 0 Å². The molecule has 1 aromatic heterocycles. The molecule has 0 aliphatic rings. The smallest absolute Gasteiger partial charge is 0.118 e. The van der Waals surface area contributed by atoms with E-state index in [1.807, 2.05) is 16.6 Å². The summed E-state index contributed by atoms with van der Waals surface area (Å²) < 4.78 is 6.04. The van der Waals surface area contributed by atoms with Crippen LogP contribution in [-0.4, -0.2) is 29.5 Å². The number of allylic oxidation sites excluding steroid dienone is 1. The number of hydrogen-bond acceptors (Lipinski definition) is 5. The molecule has 20 heavy (non-hydrogen) atoms. The highest BCUT2D eigenvalue weighted by Gasteiger charge is 2.13. The Morgan fingerprint density at radius 3 is 3.10 bits per heavy atom. The van der Waals surface area contributed by atoms with E-state index < -0.39 is 0 Å². The molecule has 0 amide bonds. The maximum absolute atomic E-state index is 8.44. The van der Waals surface area contributed by atoms with Crippen LogP contribution in [0.1, 0.15) is 12.0 Å². The van der Waals surface area contributed by atoms with Crippen LogP contribution in [0, 0.1) is 16.7 Å². The lowest BCUT2D eigenvalue weighted by Gasteiger charge is -2.08. The van der Waals surface area contributed by atoms with Gasteiger partial charge in [0, 0.05) is 51.9 Å². The molecule has 6 nitrogen and oxygen atoms in total. The van der Waals surface area contributed by atoms with Crippen molar-refractivity contribution >= 4 is 35.9 Å². The summed E-state index contributed by atoms with van der Waals surface area (Å²) in [5, 5.41) is 19.7.